The van der Waals surface area contributed by atoms with Gasteiger partial charge in [0.15, 0.2) is 0 Å². The van der Waals surface area contributed by atoms with Gasteiger partial charge in [0.1, 0.15) is 0 Å². The Bertz CT molecular complexity index is 177. The fraction of sp³-hybridized carbons (Fsp3) is 0.375. The molecule has 0 amide bonds. The van der Waals surface area contributed by atoms with E-state index in [-0.39, 0.29) is 40.3 Å². The van der Waals surface area contributed by atoms with Crippen molar-refractivity contribution in [2.75, 3.05) is 0 Å². The molecule has 0 N–H and O–H groups in total. The number of hydrogen-bond donors (Lipinski definition) is 0. The van der Waals surface area contributed by atoms with Gasteiger partial charge in [-0.05, 0) is 0 Å². The summed E-state index contributed by atoms with van der Waals surface area (Å²) in [6.45, 7) is 6.41. The van der Waals surface area contributed by atoms with Crippen molar-refractivity contribution in [2.24, 2.45) is 0 Å². The molecular weight excluding hydrogens is 244 g/mol. The first-order valence-corrected chi connectivity index (χ1v) is 2.90. The predicted octanol–water partition coefficient (Wildman–Crippen LogP) is -6.66. The first-order chi connectivity index (χ1) is 3.70. The third kappa shape index (κ3) is 5.65. The molecule has 0 saturated heterocycles. The molecule has 0 aromatic heterocycles. The van der Waals surface area contributed by atoms with Crippen LogP contribution < -0.4 is 14.1 Å². The maximum absolute atomic E-state index is 2.20. The molecule has 1 aromatic carbocycles. The molecule has 0 fully saturated rings. The van der Waals surface area contributed by atoms with Crippen molar-refractivity contribution in [2.45, 2.75) is 20.8 Å². The van der Waals surface area contributed by atoms with Gasteiger partial charge in [-0.2, -0.15) is 17.2 Å². The minimum absolute atomic E-state index is 0. The van der Waals surface area contributed by atoms with Gasteiger partial charge in [0.25, 0.3) is 0 Å². The van der Waals surface area contributed by atoms with Crippen LogP contribution in [0.4, 0.5) is 0 Å². The average molecular weight is 255 g/mol. The van der Waals surface area contributed by atoms with Gasteiger partial charge in [-0.15, -0.1) is 0 Å². The summed E-state index contributed by atoms with van der Waals surface area (Å²) in [7, 11) is 0. The SMILES string of the molecule is Cc1cc(C)[c-](C)c1.[F-].[F-].[F-].[Zr+4]. The van der Waals surface area contributed by atoms with Gasteiger partial charge in [0.2, 0.25) is 0 Å². The van der Waals surface area contributed by atoms with Crippen LogP contribution >= 0.6 is 0 Å². The maximum Gasteiger partial charge on any atom is 4.00 e. The summed E-state index contributed by atoms with van der Waals surface area (Å²) in [5.74, 6) is 0. The van der Waals surface area contributed by atoms with Crippen molar-refractivity contribution in [1.82, 2.24) is 0 Å². The second kappa shape index (κ2) is 9.11. The van der Waals surface area contributed by atoms with Crippen molar-refractivity contribution in [3.8, 4) is 0 Å². The molecule has 0 aliphatic rings. The summed E-state index contributed by atoms with van der Waals surface area (Å²) in [5, 5.41) is 0. The minimum atomic E-state index is 0. The first kappa shape index (κ1) is 22.7. The topological polar surface area (TPSA) is 0 Å². The molecule has 1 rings (SSSR count). The Morgan fingerprint density at radius 3 is 1.58 bits per heavy atom. The maximum atomic E-state index is 2.20. The van der Waals surface area contributed by atoms with Gasteiger partial charge in [-0.25, -0.2) is 11.6 Å². The Balaban J connectivity index is -0.0000000800. The third-order valence-electron chi connectivity index (χ3n) is 1.51. The zero-order valence-electron chi connectivity index (χ0n) is 7.29. The molecule has 0 aliphatic carbocycles. The Kier molecular flexibility index (Phi) is 17.2. The van der Waals surface area contributed by atoms with Crippen LogP contribution in [0, 0.1) is 20.8 Å². The second-order valence-corrected chi connectivity index (χ2v) is 2.40. The van der Waals surface area contributed by atoms with Crippen molar-refractivity contribution in [3.63, 3.8) is 0 Å². The average Bonchev–Trinajstić information content (AvgIpc) is 1.85. The largest absolute Gasteiger partial charge is 4.00 e. The van der Waals surface area contributed by atoms with Gasteiger partial charge < -0.3 is 14.1 Å². The van der Waals surface area contributed by atoms with E-state index in [0.29, 0.717) is 0 Å². The quantitative estimate of drug-likeness (QED) is 0.405. The van der Waals surface area contributed by atoms with Crippen LogP contribution in [-0.4, -0.2) is 0 Å². The Morgan fingerprint density at radius 1 is 1.08 bits per heavy atom. The molecule has 12 heavy (non-hydrogen) atoms. The van der Waals surface area contributed by atoms with Gasteiger partial charge in [0, 0.05) is 0 Å². The van der Waals surface area contributed by atoms with E-state index in [9.17, 15) is 0 Å². The summed E-state index contributed by atoms with van der Waals surface area (Å²) >= 11 is 0. The Labute approximate surface area is 89.9 Å². The van der Waals surface area contributed by atoms with Crippen LogP contribution in [0.5, 0.6) is 0 Å². The molecule has 0 bridgehead atoms. The summed E-state index contributed by atoms with van der Waals surface area (Å²) in [6.07, 6.45) is 0. The van der Waals surface area contributed by atoms with Crippen LogP contribution in [0.3, 0.4) is 0 Å². The van der Waals surface area contributed by atoms with Crippen LogP contribution in [-0.2, 0) is 26.2 Å². The molecule has 0 unspecified atom stereocenters. The standard InChI is InChI=1S/C8H11.3FH.Zr/c1-6-4-7(2)8(3)5-6;;;;/h4-5H,1-3H3;3*1H;/q-1;;;;+4/p-3. The molecular formula is C8H11F3Zr. The van der Waals surface area contributed by atoms with E-state index < -0.39 is 0 Å². The van der Waals surface area contributed by atoms with E-state index in [1.54, 1.807) is 0 Å². The number of aryl methyl sites for hydroxylation is 3. The molecule has 0 radical (unpaired) electrons. The molecule has 0 nitrogen and oxygen atoms in total. The van der Waals surface area contributed by atoms with Crippen molar-refractivity contribution in [1.29, 1.82) is 0 Å². The Hall–Kier alpha value is 0.0231. The summed E-state index contributed by atoms with van der Waals surface area (Å²) in [6, 6.07) is 4.41. The first-order valence-electron chi connectivity index (χ1n) is 2.90. The van der Waals surface area contributed by atoms with E-state index >= 15 is 0 Å². The Morgan fingerprint density at radius 2 is 1.50 bits per heavy atom. The van der Waals surface area contributed by atoms with Crippen LogP contribution in [0.25, 0.3) is 0 Å². The van der Waals surface area contributed by atoms with Gasteiger partial charge in [-0.1, -0.05) is 20.8 Å². The minimum Gasteiger partial charge on any atom is -1.00 e. The van der Waals surface area contributed by atoms with Gasteiger partial charge in [-0.3, -0.25) is 0 Å². The number of hydrogen-bond acceptors (Lipinski definition) is 0. The predicted molar refractivity (Wildman–Crippen MR) is 36.2 cm³/mol. The van der Waals surface area contributed by atoms with E-state index in [1.807, 2.05) is 0 Å². The normalized spacial score (nSPS) is 6.58. The molecule has 0 aliphatic heterocycles. The molecule has 0 saturated carbocycles. The van der Waals surface area contributed by atoms with Gasteiger partial charge >= 0.3 is 26.2 Å². The summed E-state index contributed by atoms with van der Waals surface area (Å²) in [4.78, 5) is 0. The van der Waals surface area contributed by atoms with Gasteiger partial charge in [0.05, 0.1) is 0 Å². The molecule has 0 spiro atoms. The van der Waals surface area contributed by atoms with E-state index in [0.717, 1.165) is 0 Å². The smallest absolute Gasteiger partial charge is 1.00 e. The zero-order chi connectivity index (χ0) is 6.15. The van der Waals surface area contributed by atoms with Crippen molar-refractivity contribution >= 4 is 0 Å². The number of rotatable bonds is 0. The van der Waals surface area contributed by atoms with Crippen LogP contribution in [0.1, 0.15) is 16.7 Å². The molecule has 0 atom stereocenters. The molecule has 4 heteroatoms. The summed E-state index contributed by atoms with van der Waals surface area (Å²) < 4.78 is 0. The second-order valence-electron chi connectivity index (χ2n) is 2.40. The molecule has 0 heterocycles. The van der Waals surface area contributed by atoms with E-state index in [1.165, 1.54) is 16.7 Å². The number of halogens is 3. The van der Waals surface area contributed by atoms with Crippen molar-refractivity contribution < 1.29 is 40.3 Å². The fourth-order valence-electron chi connectivity index (χ4n) is 0.952. The van der Waals surface area contributed by atoms with E-state index in [4.69, 9.17) is 0 Å². The zero-order valence-corrected chi connectivity index (χ0v) is 9.75. The summed E-state index contributed by atoms with van der Waals surface area (Å²) in [5.41, 5.74) is 4.19. The fourth-order valence-corrected chi connectivity index (χ4v) is 0.952. The third-order valence-corrected chi connectivity index (χ3v) is 1.51. The molecule has 1 aromatic rings. The van der Waals surface area contributed by atoms with Crippen LogP contribution in [0.15, 0.2) is 12.1 Å². The molecule has 68 valence electrons. The monoisotopic (exact) mass is 254 g/mol. The van der Waals surface area contributed by atoms with E-state index in [2.05, 4.69) is 32.9 Å². The van der Waals surface area contributed by atoms with Crippen LogP contribution in [0.2, 0.25) is 0 Å². The van der Waals surface area contributed by atoms with Crippen molar-refractivity contribution in [3.05, 3.63) is 28.8 Å².